The van der Waals surface area contributed by atoms with Crippen LogP contribution in [0.4, 0.5) is 0 Å². The highest BCUT2D eigenvalue weighted by Gasteiger charge is 2.54. The monoisotopic (exact) mass is 249 g/mol. The molecule has 7 nitrogen and oxygen atoms in total. The summed E-state index contributed by atoms with van der Waals surface area (Å²) < 4.78 is 1.61. The highest BCUT2D eigenvalue weighted by Crippen LogP contribution is 2.45. The van der Waals surface area contributed by atoms with Gasteiger partial charge in [-0.25, -0.2) is 0 Å². The lowest BCUT2D eigenvalue weighted by Gasteiger charge is -2.36. The molecule has 1 unspecified atom stereocenters. The quantitative estimate of drug-likeness (QED) is 0.615. The lowest BCUT2D eigenvalue weighted by Crippen LogP contribution is -2.58. The number of nitrogens with two attached hydrogens (primary N) is 2. The van der Waals surface area contributed by atoms with E-state index in [9.17, 15) is 9.59 Å². The smallest absolute Gasteiger partial charge is 0.252 e. The largest absolute Gasteiger partial charge is 0.368 e. The summed E-state index contributed by atoms with van der Waals surface area (Å²) in [6.07, 6.45) is 3.33. The van der Waals surface area contributed by atoms with Gasteiger partial charge < -0.3 is 16.8 Å². The van der Waals surface area contributed by atoms with E-state index in [1.165, 1.54) is 6.20 Å². The number of primary amides is 2. The number of fused-ring (bicyclic) bond motifs is 1. The molecule has 7 heteroatoms. The van der Waals surface area contributed by atoms with Gasteiger partial charge in [0.15, 0.2) is 5.54 Å². The first kappa shape index (κ1) is 11.2. The number of hydrogen-bond acceptors (Lipinski definition) is 4. The summed E-state index contributed by atoms with van der Waals surface area (Å²) in [5, 5.41) is 7.34. The van der Waals surface area contributed by atoms with Crippen molar-refractivity contribution in [3.63, 3.8) is 0 Å². The molecule has 1 fully saturated rings. The molecule has 0 aromatic carbocycles. The van der Waals surface area contributed by atoms with Crippen LogP contribution in [-0.2, 0) is 16.9 Å². The van der Waals surface area contributed by atoms with Crippen molar-refractivity contribution in [3.05, 3.63) is 17.5 Å². The second kappa shape index (κ2) is 3.55. The first-order valence-corrected chi connectivity index (χ1v) is 5.95. The van der Waals surface area contributed by atoms with Crippen molar-refractivity contribution in [3.8, 4) is 0 Å². The summed E-state index contributed by atoms with van der Waals surface area (Å²) in [6.45, 7) is 0.930. The maximum atomic E-state index is 11.9. The SMILES string of the molecule is NC(=O)c1cnn2c1CNCC2(C(N)=O)C1CC1. The molecule has 0 bridgehead atoms. The number of hydrogen-bond donors (Lipinski definition) is 3. The standard InChI is InChI=1S/C11H15N5O2/c12-9(17)7-3-15-16-8(7)4-14-5-11(16,10(13)18)6-1-2-6/h3,6,14H,1-2,4-5H2,(H2,12,17)(H2,13,18). The summed E-state index contributed by atoms with van der Waals surface area (Å²) in [7, 11) is 0. The summed E-state index contributed by atoms with van der Waals surface area (Å²) in [4.78, 5) is 23.2. The molecule has 1 aliphatic heterocycles. The van der Waals surface area contributed by atoms with Crippen LogP contribution < -0.4 is 16.8 Å². The van der Waals surface area contributed by atoms with Crippen molar-refractivity contribution >= 4 is 11.8 Å². The third-order valence-electron chi connectivity index (χ3n) is 3.88. The minimum Gasteiger partial charge on any atom is -0.368 e. The van der Waals surface area contributed by atoms with E-state index < -0.39 is 17.4 Å². The van der Waals surface area contributed by atoms with E-state index >= 15 is 0 Å². The second-order valence-corrected chi connectivity index (χ2v) is 4.95. The van der Waals surface area contributed by atoms with Crippen molar-refractivity contribution in [1.82, 2.24) is 15.1 Å². The molecule has 2 aliphatic rings. The summed E-state index contributed by atoms with van der Waals surface area (Å²) in [6, 6.07) is 0. The van der Waals surface area contributed by atoms with E-state index in [-0.39, 0.29) is 5.92 Å². The average molecular weight is 249 g/mol. The van der Waals surface area contributed by atoms with Crippen LogP contribution in [0, 0.1) is 5.92 Å². The van der Waals surface area contributed by atoms with Gasteiger partial charge in [-0.15, -0.1) is 0 Å². The van der Waals surface area contributed by atoms with E-state index in [0.717, 1.165) is 12.8 Å². The highest BCUT2D eigenvalue weighted by atomic mass is 16.2. The second-order valence-electron chi connectivity index (χ2n) is 4.95. The van der Waals surface area contributed by atoms with Gasteiger partial charge in [-0.2, -0.15) is 5.10 Å². The van der Waals surface area contributed by atoms with E-state index in [2.05, 4.69) is 10.4 Å². The van der Waals surface area contributed by atoms with Gasteiger partial charge in [-0.3, -0.25) is 14.3 Å². The predicted molar refractivity (Wildman–Crippen MR) is 62.3 cm³/mol. The van der Waals surface area contributed by atoms with Gasteiger partial charge >= 0.3 is 0 Å². The fraction of sp³-hybridized carbons (Fsp3) is 0.545. The van der Waals surface area contributed by atoms with Gasteiger partial charge in [0.25, 0.3) is 5.91 Å². The van der Waals surface area contributed by atoms with Crippen molar-refractivity contribution in [2.24, 2.45) is 17.4 Å². The van der Waals surface area contributed by atoms with Crippen molar-refractivity contribution in [2.75, 3.05) is 6.54 Å². The molecule has 1 aliphatic carbocycles. The third kappa shape index (κ3) is 1.30. The van der Waals surface area contributed by atoms with Gasteiger partial charge in [-0.1, -0.05) is 0 Å². The van der Waals surface area contributed by atoms with Gasteiger partial charge in [0.2, 0.25) is 5.91 Å². The maximum absolute atomic E-state index is 11.9. The first-order chi connectivity index (χ1) is 8.57. The summed E-state index contributed by atoms with van der Waals surface area (Å²) in [5.41, 5.74) is 11.1. The first-order valence-electron chi connectivity index (χ1n) is 5.95. The molecule has 3 rings (SSSR count). The normalized spacial score (nSPS) is 26.7. The maximum Gasteiger partial charge on any atom is 0.252 e. The molecule has 0 spiro atoms. The fourth-order valence-electron chi connectivity index (χ4n) is 2.81. The van der Waals surface area contributed by atoms with Crippen LogP contribution in [0.2, 0.25) is 0 Å². The van der Waals surface area contributed by atoms with Crippen LogP contribution in [0.25, 0.3) is 0 Å². The van der Waals surface area contributed by atoms with Crippen molar-refractivity contribution in [2.45, 2.75) is 24.9 Å². The molecule has 1 atom stereocenters. The predicted octanol–water partition coefficient (Wildman–Crippen LogP) is -1.32. The Morgan fingerprint density at radius 2 is 2.17 bits per heavy atom. The average Bonchev–Trinajstić information content (AvgIpc) is 3.07. The minimum atomic E-state index is -0.846. The Labute approximate surface area is 103 Å². The number of amides is 2. The molecule has 1 aromatic rings. The Morgan fingerprint density at radius 3 is 2.72 bits per heavy atom. The van der Waals surface area contributed by atoms with Crippen LogP contribution in [0.3, 0.4) is 0 Å². The molecule has 2 heterocycles. The molecular formula is C11H15N5O2. The molecule has 18 heavy (non-hydrogen) atoms. The van der Waals surface area contributed by atoms with Crippen LogP contribution in [0.15, 0.2) is 6.20 Å². The number of rotatable bonds is 3. The highest BCUT2D eigenvalue weighted by molar-refractivity contribution is 5.94. The number of carbonyl (C=O) groups excluding carboxylic acids is 2. The zero-order valence-electron chi connectivity index (χ0n) is 9.85. The fourth-order valence-corrected chi connectivity index (χ4v) is 2.81. The molecule has 2 amide bonds. The molecule has 5 N–H and O–H groups in total. The van der Waals surface area contributed by atoms with Crippen LogP contribution >= 0.6 is 0 Å². The zero-order chi connectivity index (χ0) is 12.9. The van der Waals surface area contributed by atoms with Crippen LogP contribution in [-0.4, -0.2) is 28.1 Å². The van der Waals surface area contributed by atoms with Crippen molar-refractivity contribution < 1.29 is 9.59 Å². The lowest BCUT2D eigenvalue weighted by atomic mass is 9.90. The topological polar surface area (TPSA) is 116 Å². The number of aromatic nitrogens is 2. The van der Waals surface area contributed by atoms with E-state index in [1.54, 1.807) is 4.68 Å². The van der Waals surface area contributed by atoms with Crippen LogP contribution in [0.1, 0.15) is 28.9 Å². The van der Waals surface area contributed by atoms with Gasteiger partial charge in [0.1, 0.15) is 0 Å². The van der Waals surface area contributed by atoms with E-state index in [0.29, 0.717) is 24.3 Å². The Kier molecular flexibility index (Phi) is 2.21. The third-order valence-corrected chi connectivity index (χ3v) is 3.88. The summed E-state index contributed by atoms with van der Waals surface area (Å²) in [5.74, 6) is -0.742. The van der Waals surface area contributed by atoms with Crippen LogP contribution in [0.5, 0.6) is 0 Å². The lowest BCUT2D eigenvalue weighted by molar-refractivity contribution is -0.128. The molecule has 0 saturated heterocycles. The van der Waals surface area contributed by atoms with E-state index in [4.69, 9.17) is 11.5 Å². The number of carbonyl (C=O) groups is 2. The minimum absolute atomic E-state index is 0.196. The molecule has 0 radical (unpaired) electrons. The zero-order valence-corrected chi connectivity index (χ0v) is 9.85. The number of nitrogens with zero attached hydrogens (tertiary/aromatic N) is 2. The molecule has 1 saturated carbocycles. The molecule has 1 aromatic heterocycles. The van der Waals surface area contributed by atoms with Crippen molar-refractivity contribution in [1.29, 1.82) is 0 Å². The van der Waals surface area contributed by atoms with Gasteiger partial charge in [0.05, 0.1) is 17.5 Å². The number of nitrogens with one attached hydrogen (secondary N) is 1. The Bertz CT molecular complexity index is 534. The summed E-state index contributed by atoms with van der Waals surface area (Å²) >= 11 is 0. The Hall–Kier alpha value is -1.89. The van der Waals surface area contributed by atoms with E-state index in [1.807, 2.05) is 0 Å². The Balaban J connectivity index is 2.17. The Morgan fingerprint density at radius 1 is 1.44 bits per heavy atom. The molecule has 96 valence electrons. The van der Waals surface area contributed by atoms with Gasteiger partial charge in [-0.05, 0) is 18.8 Å². The van der Waals surface area contributed by atoms with Gasteiger partial charge in [0, 0.05) is 13.1 Å². The molecular weight excluding hydrogens is 234 g/mol.